The molecule has 0 saturated heterocycles. The van der Waals surface area contributed by atoms with E-state index in [4.69, 9.17) is 4.84 Å². The molecule has 0 unspecified atom stereocenters. The minimum absolute atomic E-state index is 0.873. The number of hydrogen-bond acceptors (Lipinski definition) is 2. The van der Waals surface area contributed by atoms with Crippen LogP contribution in [0, 0.1) is 0 Å². The lowest BCUT2D eigenvalue weighted by molar-refractivity contribution is 0.0387. The van der Waals surface area contributed by atoms with E-state index in [-0.39, 0.29) is 0 Å². The van der Waals surface area contributed by atoms with E-state index in [1.807, 2.05) is 0 Å². The molecule has 0 aliphatic heterocycles. The molecule has 21 heavy (non-hydrogen) atoms. The van der Waals surface area contributed by atoms with Crippen LogP contribution in [0.4, 0.5) is 0 Å². The maximum Gasteiger partial charge on any atom is 0.0682 e. The molecule has 0 atom stereocenters. The summed E-state index contributed by atoms with van der Waals surface area (Å²) >= 11 is 0. The van der Waals surface area contributed by atoms with E-state index in [1.54, 1.807) is 0 Å². The van der Waals surface area contributed by atoms with E-state index >= 15 is 0 Å². The smallest absolute Gasteiger partial charge is 0.0682 e. The molecule has 0 aliphatic rings. The molecular weight excluding hydrogens is 258 g/mol. The van der Waals surface area contributed by atoms with E-state index in [1.165, 1.54) is 89.9 Å². The van der Waals surface area contributed by atoms with E-state index in [0.717, 1.165) is 19.6 Å². The molecule has 0 fully saturated rings. The fourth-order valence-corrected chi connectivity index (χ4v) is 2.62. The van der Waals surface area contributed by atoms with Crippen molar-refractivity contribution in [3.63, 3.8) is 0 Å². The van der Waals surface area contributed by atoms with Gasteiger partial charge in [-0.25, -0.2) is 5.48 Å². The van der Waals surface area contributed by atoms with Crippen LogP contribution in [0.1, 0.15) is 110 Å². The second kappa shape index (κ2) is 19.9. The molecule has 0 saturated carbocycles. The van der Waals surface area contributed by atoms with Gasteiger partial charge in [-0.15, -0.1) is 0 Å². The average molecular weight is 300 g/mol. The topological polar surface area (TPSA) is 21.3 Å². The van der Waals surface area contributed by atoms with Crippen molar-refractivity contribution in [2.75, 3.05) is 13.2 Å². The van der Waals surface area contributed by atoms with Crippen LogP contribution in [0.5, 0.6) is 0 Å². The van der Waals surface area contributed by atoms with Crippen LogP contribution in [0.3, 0.4) is 0 Å². The highest BCUT2D eigenvalue weighted by Gasteiger charge is 1.94. The highest BCUT2D eigenvalue weighted by atomic mass is 16.6. The van der Waals surface area contributed by atoms with E-state index < -0.39 is 0 Å². The van der Waals surface area contributed by atoms with Crippen molar-refractivity contribution in [1.82, 2.24) is 5.48 Å². The summed E-state index contributed by atoms with van der Waals surface area (Å²) in [5.74, 6) is 0. The van der Waals surface area contributed by atoms with Gasteiger partial charge in [-0.2, -0.15) is 0 Å². The first kappa shape index (κ1) is 20.9. The Bertz CT molecular complexity index is 155. The van der Waals surface area contributed by atoms with Gasteiger partial charge in [0.2, 0.25) is 0 Å². The molecule has 0 aliphatic carbocycles. The molecule has 0 aromatic heterocycles. The molecule has 2 heteroatoms. The maximum atomic E-state index is 5.33. The Morgan fingerprint density at radius 3 is 1.38 bits per heavy atom. The van der Waals surface area contributed by atoms with Crippen molar-refractivity contribution in [3.8, 4) is 0 Å². The van der Waals surface area contributed by atoms with Gasteiger partial charge in [0, 0.05) is 6.54 Å². The molecule has 1 N–H and O–H groups in total. The zero-order valence-electron chi connectivity index (χ0n) is 14.9. The predicted octanol–water partition coefficient (Wildman–Crippen LogP) is 6.40. The largest absolute Gasteiger partial charge is 0.302 e. The first-order valence-electron chi connectivity index (χ1n) is 9.76. The SMILES string of the molecule is CCCCCCCCCCCCCCCCONCCC. The third-order valence-corrected chi connectivity index (χ3v) is 4.05. The van der Waals surface area contributed by atoms with E-state index in [2.05, 4.69) is 19.3 Å². The number of unbranched alkanes of at least 4 members (excludes halogenated alkanes) is 13. The Kier molecular flexibility index (Phi) is 19.8. The fraction of sp³-hybridized carbons (Fsp3) is 1.00. The molecule has 0 aromatic carbocycles. The molecule has 128 valence electrons. The van der Waals surface area contributed by atoms with Crippen LogP contribution < -0.4 is 5.48 Å². The van der Waals surface area contributed by atoms with Gasteiger partial charge in [-0.1, -0.05) is 97.3 Å². The quantitative estimate of drug-likeness (QED) is 0.233. The van der Waals surface area contributed by atoms with Crippen LogP contribution in [0.2, 0.25) is 0 Å². The predicted molar refractivity (Wildman–Crippen MR) is 94.6 cm³/mol. The average Bonchev–Trinajstić information content (AvgIpc) is 2.50. The number of hydrogen-bond donors (Lipinski definition) is 1. The summed E-state index contributed by atoms with van der Waals surface area (Å²) in [6.07, 6.45) is 20.9. The molecule has 0 amide bonds. The van der Waals surface area contributed by atoms with E-state index in [0.29, 0.717) is 0 Å². The van der Waals surface area contributed by atoms with Gasteiger partial charge in [-0.05, 0) is 12.8 Å². The van der Waals surface area contributed by atoms with Crippen molar-refractivity contribution in [1.29, 1.82) is 0 Å². The molecule has 0 aromatic rings. The zero-order chi connectivity index (χ0) is 15.4. The van der Waals surface area contributed by atoms with Crippen LogP contribution in [0.25, 0.3) is 0 Å². The third kappa shape index (κ3) is 19.9. The van der Waals surface area contributed by atoms with Gasteiger partial charge in [-0.3, -0.25) is 0 Å². The Morgan fingerprint density at radius 1 is 0.524 bits per heavy atom. The lowest BCUT2D eigenvalue weighted by Crippen LogP contribution is -2.15. The summed E-state index contributed by atoms with van der Waals surface area (Å²) < 4.78 is 0. The van der Waals surface area contributed by atoms with Crippen LogP contribution >= 0.6 is 0 Å². The summed E-state index contributed by atoms with van der Waals surface area (Å²) in [5.41, 5.74) is 2.98. The van der Waals surface area contributed by atoms with E-state index in [9.17, 15) is 0 Å². The third-order valence-electron chi connectivity index (χ3n) is 4.05. The Labute approximate surface area is 134 Å². The summed E-state index contributed by atoms with van der Waals surface area (Å²) in [4.78, 5) is 5.33. The number of hydroxylamine groups is 1. The Morgan fingerprint density at radius 2 is 0.952 bits per heavy atom. The summed E-state index contributed by atoms with van der Waals surface area (Å²) in [7, 11) is 0. The van der Waals surface area contributed by atoms with Gasteiger partial charge in [0.05, 0.1) is 6.61 Å². The summed E-state index contributed by atoms with van der Waals surface area (Å²) in [6.45, 7) is 6.29. The second-order valence-electron chi connectivity index (χ2n) is 6.34. The van der Waals surface area contributed by atoms with Gasteiger partial charge in [0.15, 0.2) is 0 Å². The van der Waals surface area contributed by atoms with Crippen molar-refractivity contribution in [2.45, 2.75) is 110 Å². The zero-order valence-corrected chi connectivity index (χ0v) is 14.9. The van der Waals surface area contributed by atoms with Crippen molar-refractivity contribution in [3.05, 3.63) is 0 Å². The highest BCUT2D eigenvalue weighted by molar-refractivity contribution is 4.49. The Hall–Kier alpha value is -0.0800. The molecule has 2 nitrogen and oxygen atoms in total. The molecule has 0 spiro atoms. The van der Waals surface area contributed by atoms with Crippen LogP contribution in [-0.4, -0.2) is 13.2 Å². The minimum Gasteiger partial charge on any atom is -0.302 e. The van der Waals surface area contributed by atoms with Crippen molar-refractivity contribution < 1.29 is 4.84 Å². The van der Waals surface area contributed by atoms with Crippen molar-refractivity contribution >= 4 is 0 Å². The summed E-state index contributed by atoms with van der Waals surface area (Å²) in [5, 5.41) is 0. The maximum absolute atomic E-state index is 5.33. The standard InChI is InChI=1S/C19H41NO/c1-3-5-6-7-8-9-10-11-12-13-14-15-16-17-19-21-20-18-4-2/h20H,3-19H2,1-2H3. The first-order valence-corrected chi connectivity index (χ1v) is 9.76. The molecule has 0 rings (SSSR count). The second-order valence-corrected chi connectivity index (χ2v) is 6.34. The van der Waals surface area contributed by atoms with Crippen LogP contribution in [-0.2, 0) is 4.84 Å². The van der Waals surface area contributed by atoms with Gasteiger partial charge in [0.25, 0.3) is 0 Å². The van der Waals surface area contributed by atoms with Gasteiger partial charge in [0.1, 0.15) is 0 Å². The fourth-order valence-electron chi connectivity index (χ4n) is 2.62. The number of rotatable bonds is 18. The van der Waals surface area contributed by atoms with Gasteiger partial charge < -0.3 is 4.84 Å². The van der Waals surface area contributed by atoms with Crippen molar-refractivity contribution in [2.24, 2.45) is 0 Å². The molecular formula is C19H41NO. The highest BCUT2D eigenvalue weighted by Crippen LogP contribution is 2.12. The molecule has 0 bridgehead atoms. The lowest BCUT2D eigenvalue weighted by atomic mass is 10.0. The molecule has 0 radical (unpaired) electrons. The normalized spacial score (nSPS) is 11.1. The minimum atomic E-state index is 0.873. The first-order chi connectivity index (χ1) is 10.4. The molecule has 0 heterocycles. The van der Waals surface area contributed by atoms with Gasteiger partial charge >= 0.3 is 0 Å². The Balaban J connectivity index is 2.90. The summed E-state index contributed by atoms with van der Waals surface area (Å²) in [6, 6.07) is 0. The van der Waals surface area contributed by atoms with Crippen LogP contribution in [0.15, 0.2) is 0 Å². The monoisotopic (exact) mass is 299 g/mol. The number of nitrogens with one attached hydrogen (secondary N) is 1. The lowest BCUT2D eigenvalue weighted by Gasteiger charge is -2.05.